The van der Waals surface area contributed by atoms with Gasteiger partial charge in [0.15, 0.2) is 5.82 Å². The zero-order valence-electron chi connectivity index (χ0n) is 23.3. The zero-order chi connectivity index (χ0) is 29.0. The van der Waals surface area contributed by atoms with Crippen molar-refractivity contribution in [1.82, 2.24) is 29.4 Å². The monoisotopic (exact) mass is 564 g/mol. The van der Waals surface area contributed by atoms with Gasteiger partial charge in [0, 0.05) is 38.8 Å². The van der Waals surface area contributed by atoms with Crippen LogP contribution in [-0.2, 0) is 11.8 Å². The quantitative estimate of drug-likeness (QED) is 0.279. The lowest BCUT2D eigenvalue weighted by molar-refractivity contribution is -0.129. The molecule has 2 fully saturated rings. The number of halogens is 1. The Hall–Kier alpha value is -5.06. The number of aromatic nitrogens is 5. The van der Waals surface area contributed by atoms with E-state index in [2.05, 4.69) is 31.7 Å². The fourth-order valence-corrected chi connectivity index (χ4v) is 5.70. The maximum Gasteiger partial charge on any atom is 0.246 e. The molecule has 1 aliphatic carbocycles. The van der Waals surface area contributed by atoms with Gasteiger partial charge in [-0.25, -0.2) is 24.3 Å². The molecule has 42 heavy (non-hydrogen) atoms. The highest BCUT2D eigenvalue weighted by Gasteiger charge is 2.52. The molecule has 0 unspecified atom stereocenters. The van der Waals surface area contributed by atoms with E-state index in [-0.39, 0.29) is 17.1 Å². The van der Waals surface area contributed by atoms with Crippen LogP contribution in [0.1, 0.15) is 18.4 Å². The Morgan fingerprint density at radius 1 is 1.10 bits per heavy atom. The van der Waals surface area contributed by atoms with Crippen LogP contribution < -0.4 is 15.0 Å². The molecule has 4 heterocycles. The second kappa shape index (κ2) is 9.79. The Balaban J connectivity index is 1.14. The fourth-order valence-electron chi connectivity index (χ4n) is 5.70. The first-order chi connectivity index (χ1) is 20.3. The van der Waals surface area contributed by atoms with E-state index in [0.717, 1.165) is 35.3 Å². The third-order valence-electron chi connectivity index (χ3n) is 8.15. The molecule has 1 spiro atoms. The summed E-state index contributed by atoms with van der Waals surface area (Å²) in [5.74, 6) is 1.63. The number of ether oxygens (including phenoxy) is 1. The molecule has 10 nitrogen and oxygen atoms in total. The number of hydrogen-bond donors (Lipinski definition) is 1. The molecule has 5 aromatic rings. The molecule has 212 valence electrons. The van der Waals surface area contributed by atoms with Crippen molar-refractivity contribution in [2.75, 3.05) is 29.9 Å². The lowest BCUT2D eigenvalue weighted by Crippen LogP contribution is -2.57. The van der Waals surface area contributed by atoms with Crippen LogP contribution in [0.4, 0.5) is 21.7 Å². The average molecular weight is 565 g/mol. The van der Waals surface area contributed by atoms with Crippen molar-refractivity contribution in [2.45, 2.75) is 25.3 Å². The molecule has 1 saturated carbocycles. The molecule has 7 rings (SSSR count). The van der Waals surface area contributed by atoms with E-state index in [1.807, 2.05) is 53.8 Å². The number of rotatable bonds is 6. The maximum atomic E-state index is 15.4. The van der Waals surface area contributed by atoms with Crippen LogP contribution in [0, 0.1) is 12.7 Å². The number of nitrogens with zero attached hydrogens (tertiary/aromatic N) is 7. The minimum Gasteiger partial charge on any atom is -0.457 e. The van der Waals surface area contributed by atoms with E-state index in [9.17, 15) is 4.79 Å². The first-order valence-electron chi connectivity index (χ1n) is 13.8. The normalized spacial score (nSPS) is 15.8. The third-order valence-corrected chi connectivity index (χ3v) is 8.15. The van der Waals surface area contributed by atoms with Gasteiger partial charge in [-0.1, -0.05) is 6.58 Å². The molecule has 0 bridgehead atoms. The fraction of sp³-hybridized carbons (Fsp3) is 0.258. The van der Waals surface area contributed by atoms with E-state index in [1.54, 1.807) is 12.4 Å². The van der Waals surface area contributed by atoms with Crippen molar-refractivity contribution in [2.24, 2.45) is 7.05 Å². The van der Waals surface area contributed by atoms with Gasteiger partial charge in [-0.15, -0.1) is 0 Å². The molecular formula is C31H29FN8O2. The summed E-state index contributed by atoms with van der Waals surface area (Å²) in [6, 6.07) is 12.5. The molecular weight excluding hydrogens is 535 g/mol. The minimum absolute atomic E-state index is 0.0264. The van der Waals surface area contributed by atoms with E-state index >= 15 is 4.39 Å². The number of nitrogens with one attached hydrogen (secondary N) is 1. The van der Waals surface area contributed by atoms with Gasteiger partial charge < -0.3 is 24.4 Å². The van der Waals surface area contributed by atoms with Gasteiger partial charge in [0.1, 0.15) is 35.0 Å². The first-order valence-corrected chi connectivity index (χ1v) is 13.8. The summed E-state index contributed by atoms with van der Waals surface area (Å²) >= 11 is 0. The van der Waals surface area contributed by atoms with Crippen LogP contribution >= 0.6 is 0 Å². The Kier molecular flexibility index (Phi) is 6.03. The van der Waals surface area contributed by atoms with Gasteiger partial charge >= 0.3 is 0 Å². The summed E-state index contributed by atoms with van der Waals surface area (Å²) in [7, 11) is 1.93. The third kappa shape index (κ3) is 4.47. The SMILES string of the molecule is C=CC(=O)N1CCN(c2ccc3ncnc(Nc4cc(C)c(Oc5ccc6c(c5)ncn6C)cc4F)c3n2)CC12CC2. The number of fused-ring (bicyclic) bond motifs is 2. The number of piperazine rings is 1. The Morgan fingerprint density at radius 3 is 2.76 bits per heavy atom. The number of imidazole rings is 1. The van der Waals surface area contributed by atoms with Crippen LogP contribution in [0.3, 0.4) is 0 Å². The van der Waals surface area contributed by atoms with Gasteiger partial charge in [-0.05, 0) is 61.7 Å². The summed E-state index contributed by atoms with van der Waals surface area (Å²) < 4.78 is 23.4. The van der Waals surface area contributed by atoms with Crippen molar-refractivity contribution in [3.05, 3.63) is 79.2 Å². The van der Waals surface area contributed by atoms with Crippen molar-refractivity contribution in [3.63, 3.8) is 0 Å². The molecule has 1 aliphatic heterocycles. The molecule has 2 aromatic carbocycles. The second-order valence-electron chi connectivity index (χ2n) is 10.9. The van der Waals surface area contributed by atoms with Gasteiger partial charge in [0.25, 0.3) is 0 Å². The van der Waals surface area contributed by atoms with Gasteiger partial charge in [-0.3, -0.25) is 4.79 Å². The molecule has 11 heteroatoms. The Bertz CT molecular complexity index is 1880. The molecule has 1 saturated heterocycles. The standard InChI is InChI=1S/C31H29FN8O2/c1-4-28(41)40-12-11-39(16-31(40)9-10-31)27-8-6-22-29(37-27)30(34-17-33-22)36-23-13-19(2)26(15-21(23)32)42-20-5-7-25-24(14-20)35-18-38(25)3/h4-8,13-15,17-18H,1,9-12,16H2,2-3H3,(H,33,34,36). The first kappa shape index (κ1) is 25.9. The largest absolute Gasteiger partial charge is 0.457 e. The smallest absolute Gasteiger partial charge is 0.246 e. The van der Waals surface area contributed by atoms with Gasteiger partial charge in [0.2, 0.25) is 5.91 Å². The Labute approximate surface area is 241 Å². The zero-order valence-corrected chi connectivity index (χ0v) is 23.3. The summed E-state index contributed by atoms with van der Waals surface area (Å²) in [5, 5.41) is 3.12. The van der Waals surface area contributed by atoms with Crippen LogP contribution in [0.5, 0.6) is 11.5 Å². The number of hydrogen-bond acceptors (Lipinski definition) is 8. The highest BCUT2D eigenvalue weighted by atomic mass is 19.1. The van der Waals surface area contributed by atoms with E-state index in [1.165, 1.54) is 18.5 Å². The number of anilines is 3. The summed E-state index contributed by atoms with van der Waals surface area (Å²) in [5.41, 5.74) is 3.78. The average Bonchev–Trinajstić information content (AvgIpc) is 3.66. The molecule has 0 atom stereocenters. The van der Waals surface area contributed by atoms with Crippen molar-refractivity contribution >= 4 is 45.3 Å². The predicted octanol–water partition coefficient (Wildman–Crippen LogP) is 5.26. The van der Waals surface area contributed by atoms with Crippen molar-refractivity contribution in [3.8, 4) is 11.5 Å². The van der Waals surface area contributed by atoms with Crippen LogP contribution in [-0.4, -0.2) is 60.5 Å². The molecule has 1 N–H and O–H groups in total. The minimum atomic E-state index is -0.490. The van der Waals surface area contributed by atoms with Crippen LogP contribution in [0.15, 0.2) is 67.8 Å². The van der Waals surface area contributed by atoms with Crippen molar-refractivity contribution < 1.29 is 13.9 Å². The summed E-state index contributed by atoms with van der Waals surface area (Å²) in [4.78, 5) is 34.5. The number of amides is 1. The summed E-state index contributed by atoms with van der Waals surface area (Å²) in [6.45, 7) is 7.47. The number of aryl methyl sites for hydroxylation is 2. The van der Waals surface area contributed by atoms with Gasteiger partial charge in [-0.2, -0.15) is 0 Å². The number of carbonyl (C=O) groups is 1. The Morgan fingerprint density at radius 2 is 1.95 bits per heavy atom. The predicted molar refractivity (Wildman–Crippen MR) is 159 cm³/mol. The van der Waals surface area contributed by atoms with Crippen molar-refractivity contribution in [1.29, 1.82) is 0 Å². The number of pyridine rings is 1. The lowest BCUT2D eigenvalue weighted by atomic mass is 10.1. The highest BCUT2D eigenvalue weighted by Crippen LogP contribution is 2.45. The van der Waals surface area contributed by atoms with Crippen LogP contribution in [0.2, 0.25) is 0 Å². The molecule has 3 aromatic heterocycles. The molecule has 1 amide bonds. The van der Waals surface area contributed by atoms with Crippen LogP contribution in [0.25, 0.3) is 22.1 Å². The second-order valence-corrected chi connectivity index (χ2v) is 10.9. The number of benzene rings is 2. The summed E-state index contributed by atoms with van der Waals surface area (Å²) in [6.07, 6.45) is 6.48. The van der Waals surface area contributed by atoms with Gasteiger partial charge in [0.05, 0.1) is 34.1 Å². The number of carbonyl (C=O) groups excluding carboxylic acids is 1. The maximum absolute atomic E-state index is 15.4. The highest BCUT2D eigenvalue weighted by molar-refractivity contribution is 5.89. The van der Waals surface area contributed by atoms with E-state index < -0.39 is 5.82 Å². The van der Waals surface area contributed by atoms with E-state index in [0.29, 0.717) is 48.0 Å². The molecule has 0 radical (unpaired) electrons. The lowest BCUT2D eigenvalue weighted by Gasteiger charge is -2.42. The molecule has 2 aliphatic rings. The topological polar surface area (TPSA) is 101 Å². The van der Waals surface area contributed by atoms with E-state index in [4.69, 9.17) is 9.72 Å².